The number of ether oxygens (including phenoxy) is 1. The van der Waals surface area contributed by atoms with Gasteiger partial charge in [0.05, 0.1) is 17.7 Å². The second kappa shape index (κ2) is 13.8. The molecule has 0 aliphatic heterocycles. The fourth-order valence-corrected chi connectivity index (χ4v) is 6.35. The number of methoxy groups -OCH3 is 1. The van der Waals surface area contributed by atoms with Crippen LogP contribution in [-0.2, 0) is 26.2 Å². The summed E-state index contributed by atoms with van der Waals surface area (Å²) in [5.74, 6) is -0.741. The van der Waals surface area contributed by atoms with Gasteiger partial charge in [0.2, 0.25) is 11.8 Å². The van der Waals surface area contributed by atoms with Crippen molar-refractivity contribution in [1.82, 2.24) is 10.2 Å². The lowest BCUT2D eigenvalue weighted by molar-refractivity contribution is -0.141. The van der Waals surface area contributed by atoms with E-state index < -0.39 is 34.1 Å². The Hall–Kier alpha value is -3.27. The molecule has 42 heavy (non-hydrogen) atoms. The van der Waals surface area contributed by atoms with Crippen LogP contribution in [0.2, 0.25) is 10.0 Å². The number of sulfonamides is 1. The third-order valence-corrected chi connectivity index (χ3v) is 9.00. The molecule has 2 amide bonds. The van der Waals surface area contributed by atoms with Gasteiger partial charge in [0.1, 0.15) is 18.3 Å². The molecule has 3 aromatic rings. The quantitative estimate of drug-likeness (QED) is 0.270. The zero-order valence-corrected chi connectivity index (χ0v) is 27.0. The Kier molecular flexibility index (Phi) is 10.9. The maximum atomic E-state index is 14.3. The smallest absolute Gasteiger partial charge is 0.264 e. The Morgan fingerprint density at radius 2 is 1.55 bits per heavy atom. The lowest BCUT2D eigenvalue weighted by Crippen LogP contribution is -2.55. The van der Waals surface area contributed by atoms with Gasteiger partial charge in [0, 0.05) is 27.7 Å². The number of amides is 2. The summed E-state index contributed by atoms with van der Waals surface area (Å²) in [4.78, 5) is 29.1. The van der Waals surface area contributed by atoms with Gasteiger partial charge >= 0.3 is 0 Å². The van der Waals surface area contributed by atoms with Crippen molar-refractivity contribution in [2.24, 2.45) is 0 Å². The average Bonchev–Trinajstić information content (AvgIpc) is 2.92. The summed E-state index contributed by atoms with van der Waals surface area (Å²) in [5, 5.41) is 3.57. The van der Waals surface area contributed by atoms with E-state index in [2.05, 4.69) is 5.32 Å². The van der Waals surface area contributed by atoms with Crippen LogP contribution in [0, 0.1) is 6.92 Å². The summed E-state index contributed by atoms with van der Waals surface area (Å²) < 4.78 is 34.6. The molecule has 3 rings (SSSR count). The second-order valence-corrected chi connectivity index (χ2v) is 13.6. The van der Waals surface area contributed by atoms with Crippen molar-refractivity contribution in [3.05, 3.63) is 87.9 Å². The lowest BCUT2D eigenvalue weighted by atomic mass is 10.1. The number of nitrogens with zero attached hydrogens (tertiary/aromatic N) is 2. The number of aryl methyl sites for hydroxylation is 1. The summed E-state index contributed by atoms with van der Waals surface area (Å²) in [7, 11) is -2.83. The number of halogens is 2. The maximum Gasteiger partial charge on any atom is 0.264 e. The minimum atomic E-state index is -4.25. The second-order valence-electron chi connectivity index (χ2n) is 10.9. The van der Waals surface area contributed by atoms with Crippen molar-refractivity contribution >= 4 is 50.7 Å². The van der Waals surface area contributed by atoms with Crippen LogP contribution in [0.5, 0.6) is 5.75 Å². The SMILES string of the molecule is CC[C@H](C(=O)NC(C)(C)C)N(Cc1c(Cl)cccc1Cl)C(=O)CN(c1ccccc1OC)S(=O)(=O)c1ccc(C)cc1. The summed E-state index contributed by atoms with van der Waals surface area (Å²) in [6, 6.07) is 16.9. The number of hydrogen-bond donors (Lipinski definition) is 1. The molecule has 0 fully saturated rings. The number of benzene rings is 3. The molecule has 0 heterocycles. The summed E-state index contributed by atoms with van der Waals surface area (Å²) in [5.41, 5.74) is 0.935. The van der Waals surface area contributed by atoms with Gasteiger partial charge in [-0.25, -0.2) is 8.42 Å². The van der Waals surface area contributed by atoms with Gasteiger partial charge in [-0.1, -0.05) is 66.0 Å². The predicted octanol–water partition coefficient (Wildman–Crippen LogP) is 6.23. The van der Waals surface area contributed by atoms with Crippen LogP contribution in [0.1, 0.15) is 45.2 Å². The van der Waals surface area contributed by atoms with E-state index in [1.807, 2.05) is 27.7 Å². The number of anilines is 1. The van der Waals surface area contributed by atoms with Crippen LogP contribution in [0.25, 0.3) is 0 Å². The Morgan fingerprint density at radius 3 is 2.10 bits per heavy atom. The van der Waals surface area contributed by atoms with E-state index in [0.717, 1.165) is 9.87 Å². The van der Waals surface area contributed by atoms with E-state index in [-0.39, 0.29) is 35.2 Å². The first-order chi connectivity index (χ1) is 19.7. The number of hydrogen-bond acceptors (Lipinski definition) is 5. The van der Waals surface area contributed by atoms with Gasteiger partial charge in [0.15, 0.2) is 0 Å². The molecule has 0 aromatic heterocycles. The highest BCUT2D eigenvalue weighted by Gasteiger charge is 2.36. The Morgan fingerprint density at radius 1 is 0.952 bits per heavy atom. The molecule has 8 nitrogen and oxygen atoms in total. The van der Waals surface area contributed by atoms with E-state index in [1.165, 1.54) is 24.1 Å². The van der Waals surface area contributed by atoms with Gasteiger partial charge < -0.3 is 15.0 Å². The highest BCUT2D eigenvalue weighted by Crippen LogP contribution is 2.33. The lowest BCUT2D eigenvalue weighted by Gasteiger charge is -2.35. The van der Waals surface area contributed by atoms with Crippen LogP contribution in [0.3, 0.4) is 0 Å². The largest absolute Gasteiger partial charge is 0.495 e. The number of nitrogens with one attached hydrogen (secondary N) is 1. The van der Waals surface area contributed by atoms with Crippen molar-refractivity contribution < 1.29 is 22.7 Å². The van der Waals surface area contributed by atoms with Crippen molar-refractivity contribution in [2.45, 2.75) is 64.1 Å². The third kappa shape index (κ3) is 7.96. The molecule has 0 radical (unpaired) electrons. The van der Waals surface area contributed by atoms with Crippen molar-refractivity contribution in [3.8, 4) is 5.75 Å². The number of carbonyl (C=O) groups excluding carboxylic acids is 2. The van der Waals surface area contributed by atoms with E-state index in [0.29, 0.717) is 15.6 Å². The van der Waals surface area contributed by atoms with Gasteiger partial charge in [-0.15, -0.1) is 0 Å². The molecule has 226 valence electrons. The van der Waals surface area contributed by atoms with Crippen LogP contribution < -0.4 is 14.4 Å². The van der Waals surface area contributed by atoms with Crippen LogP contribution in [0.4, 0.5) is 5.69 Å². The van der Waals surface area contributed by atoms with Crippen LogP contribution in [-0.4, -0.2) is 50.4 Å². The molecule has 0 aliphatic carbocycles. The standard InChI is InChI=1S/C31H37Cl2N3O5S/c1-7-26(30(38)34-31(3,4)5)35(19-23-24(32)11-10-12-25(23)33)29(37)20-36(27-13-8-9-14-28(27)41-6)42(39,40)22-17-15-21(2)16-18-22/h8-18,26H,7,19-20H2,1-6H3,(H,34,38)/t26-/m1/s1. The number of carbonyl (C=O) groups is 2. The first-order valence-electron chi connectivity index (χ1n) is 13.5. The minimum Gasteiger partial charge on any atom is -0.495 e. The highest BCUT2D eigenvalue weighted by molar-refractivity contribution is 7.92. The molecule has 0 saturated carbocycles. The van der Waals surface area contributed by atoms with Gasteiger partial charge in [0.25, 0.3) is 10.0 Å². The molecule has 0 unspecified atom stereocenters. The topological polar surface area (TPSA) is 96.0 Å². The Balaban J connectivity index is 2.15. The monoisotopic (exact) mass is 633 g/mol. The molecular formula is C31H37Cl2N3O5S. The predicted molar refractivity (Wildman–Crippen MR) is 168 cm³/mol. The van der Waals surface area contributed by atoms with Crippen molar-refractivity contribution in [1.29, 1.82) is 0 Å². The van der Waals surface area contributed by atoms with Gasteiger partial charge in [-0.2, -0.15) is 0 Å². The number of rotatable bonds is 11. The zero-order chi connectivity index (χ0) is 31.2. The molecule has 1 atom stereocenters. The van der Waals surface area contributed by atoms with Crippen LogP contribution >= 0.6 is 23.2 Å². The molecule has 1 N–H and O–H groups in total. The highest BCUT2D eigenvalue weighted by atomic mass is 35.5. The average molecular weight is 635 g/mol. The van der Waals surface area contributed by atoms with E-state index in [4.69, 9.17) is 27.9 Å². The van der Waals surface area contributed by atoms with Gasteiger partial charge in [-0.05, 0) is 70.5 Å². The number of para-hydroxylation sites is 2. The fourth-order valence-electron chi connectivity index (χ4n) is 4.41. The Labute approximate surface area is 258 Å². The van der Waals surface area contributed by atoms with Gasteiger partial charge in [-0.3, -0.25) is 13.9 Å². The molecule has 0 saturated heterocycles. The van der Waals surface area contributed by atoms with Crippen molar-refractivity contribution in [3.63, 3.8) is 0 Å². The van der Waals surface area contributed by atoms with Crippen LogP contribution in [0.15, 0.2) is 71.6 Å². The normalized spacial score (nSPS) is 12.4. The Bertz CT molecular complexity index is 1500. The molecule has 11 heteroatoms. The first kappa shape index (κ1) is 33.2. The maximum absolute atomic E-state index is 14.3. The first-order valence-corrected chi connectivity index (χ1v) is 15.7. The minimum absolute atomic E-state index is 0.00465. The van der Waals surface area contributed by atoms with Crippen molar-refractivity contribution in [2.75, 3.05) is 18.0 Å². The zero-order valence-electron chi connectivity index (χ0n) is 24.6. The van der Waals surface area contributed by atoms with E-state index in [1.54, 1.807) is 61.5 Å². The third-order valence-electron chi connectivity index (χ3n) is 6.52. The van der Waals surface area contributed by atoms with E-state index >= 15 is 0 Å². The molecule has 0 bridgehead atoms. The summed E-state index contributed by atoms with van der Waals surface area (Å²) >= 11 is 12.9. The summed E-state index contributed by atoms with van der Waals surface area (Å²) in [6.45, 7) is 8.42. The molecule has 0 aliphatic rings. The molecule has 0 spiro atoms. The fraction of sp³-hybridized carbons (Fsp3) is 0.355. The molecular weight excluding hydrogens is 597 g/mol. The summed E-state index contributed by atoms with van der Waals surface area (Å²) in [6.07, 6.45) is 0.259. The van der Waals surface area contributed by atoms with E-state index in [9.17, 15) is 18.0 Å². The molecule has 3 aromatic carbocycles.